The lowest BCUT2D eigenvalue weighted by molar-refractivity contribution is -0.274. The van der Waals surface area contributed by atoms with Gasteiger partial charge in [0, 0.05) is 54.6 Å². The summed E-state index contributed by atoms with van der Waals surface area (Å²) in [5.41, 5.74) is 0.276. The molecule has 9 nitrogen and oxygen atoms in total. The van der Waals surface area contributed by atoms with Gasteiger partial charge in [-0.15, -0.1) is 13.2 Å². The number of carbonyl (C=O) groups excluding carboxylic acids is 1. The maximum absolute atomic E-state index is 14.7. The number of hydrogen-bond donors (Lipinski definition) is 3. The largest absolute Gasteiger partial charge is 0.573 e. The average Bonchev–Trinajstić information content (AvgIpc) is 3.30. The molecule has 0 bridgehead atoms. The molecular weight excluding hydrogens is 542 g/mol. The first-order valence-electron chi connectivity index (χ1n) is 11.0. The highest BCUT2D eigenvalue weighted by Gasteiger charge is 2.31. The monoisotopic (exact) mass is 561 g/mol. The van der Waals surface area contributed by atoms with E-state index in [4.69, 9.17) is 5.41 Å². The van der Waals surface area contributed by atoms with E-state index in [9.17, 15) is 30.8 Å². The van der Waals surface area contributed by atoms with E-state index in [2.05, 4.69) is 24.4 Å². The van der Waals surface area contributed by atoms with Crippen LogP contribution in [-0.2, 0) is 10.0 Å². The lowest BCUT2D eigenvalue weighted by Gasteiger charge is -2.12. The lowest BCUT2D eigenvalue weighted by atomic mass is 9.99. The minimum atomic E-state index is -5.02. The zero-order valence-corrected chi connectivity index (χ0v) is 20.8. The zero-order valence-electron chi connectivity index (χ0n) is 20.0. The molecule has 3 N–H and O–H groups in total. The van der Waals surface area contributed by atoms with Crippen molar-refractivity contribution in [2.45, 2.75) is 17.2 Å². The summed E-state index contributed by atoms with van der Waals surface area (Å²) in [7, 11) is -2.89. The second kappa shape index (κ2) is 10.6. The van der Waals surface area contributed by atoms with E-state index in [0.717, 1.165) is 42.6 Å². The molecule has 0 spiro atoms. The number of aromatic nitrogens is 2. The summed E-state index contributed by atoms with van der Waals surface area (Å²) in [5.74, 6) is -2.96. The first kappa shape index (κ1) is 27.4. The van der Waals surface area contributed by atoms with Crippen molar-refractivity contribution >= 4 is 45.0 Å². The van der Waals surface area contributed by atoms with Gasteiger partial charge < -0.3 is 15.1 Å². The van der Waals surface area contributed by atoms with Crippen molar-refractivity contribution in [3.8, 4) is 5.75 Å². The number of rotatable bonds is 9. The van der Waals surface area contributed by atoms with Crippen LogP contribution >= 0.6 is 0 Å². The van der Waals surface area contributed by atoms with Crippen molar-refractivity contribution in [1.29, 1.82) is 5.41 Å². The fourth-order valence-electron chi connectivity index (χ4n) is 3.74. The SMILES string of the molecule is CN=CC(C=N)c1cnc2[nH]cc(C(=O)c3cc(NS(=O)(=O)c4cccc(OC(F)(F)F)c4)ccc3F)c2c1. The summed E-state index contributed by atoms with van der Waals surface area (Å²) < 4.78 is 83.8. The van der Waals surface area contributed by atoms with Crippen molar-refractivity contribution in [2.75, 3.05) is 11.8 Å². The predicted octanol–water partition coefficient (Wildman–Crippen LogP) is 5.07. The molecule has 2 aromatic heterocycles. The number of hydrogen-bond acceptors (Lipinski definition) is 7. The number of ether oxygens (including phenoxy) is 1. The van der Waals surface area contributed by atoms with Crippen LogP contribution in [0.3, 0.4) is 0 Å². The number of sulfonamides is 1. The summed E-state index contributed by atoms with van der Waals surface area (Å²) in [5, 5.41) is 7.95. The predicted molar refractivity (Wildman–Crippen MR) is 136 cm³/mol. The van der Waals surface area contributed by atoms with Crippen molar-refractivity contribution in [2.24, 2.45) is 4.99 Å². The molecule has 202 valence electrons. The van der Waals surface area contributed by atoms with Crippen LogP contribution in [0.1, 0.15) is 27.4 Å². The molecule has 1 unspecified atom stereocenters. The molecule has 0 saturated heterocycles. The molecule has 0 amide bonds. The molecule has 0 fully saturated rings. The van der Waals surface area contributed by atoms with Crippen molar-refractivity contribution in [3.05, 3.63) is 83.4 Å². The number of aliphatic imine (C=N–C) groups is 1. The van der Waals surface area contributed by atoms with Gasteiger partial charge in [-0.2, -0.15) is 0 Å². The third-order valence-corrected chi connectivity index (χ3v) is 6.86. The number of halogens is 4. The minimum Gasteiger partial charge on any atom is -0.406 e. The average molecular weight is 562 g/mol. The molecule has 2 aromatic carbocycles. The second-order valence-corrected chi connectivity index (χ2v) is 9.80. The van der Waals surface area contributed by atoms with Crippen molar-refractivity contribution in [1.82, 2.24) is 9.97 Å². The topological polar surface area (TPSA) is 137 Å². The van der Waals surface area contributed by atoms with E-state index in [-0.39, 0.29) is 11.3 Å². The van der Waals surface area contributed by atoms with Crippen molar-refractivity contribution < 1.29 is 35.5 Å². The van der Waals surface area contributed by atoms with Crippen LogP contribution in [0, 0.1) is 11.2 Å². The standard InChI is InChI=1S/C25H19F4N5O4S/c1-31-11-15(10-30)14-7-19-21(13-33-24(19)32-12-14)23(35)20-8-16(5-6-22(20)26)34-39(36,37)18-4-2-3-17(9-18)38-25(27,28)29/h2-13,15,30,34H,1H3,(H,32,33). The van der Waals surface area contributed by atoms with Gasteiger partial charge in [-0.05, 0) is 42.0 Å². The van der Waals surface area contributed by atoms with E-state index in [1.807, 2.05) is 0 Å². The molecule has 0 aliphatic carbocycles. The van der Waals surface area contributed by atoms with Gasteiger partial charge in [-0.25, -0.2) is 17.8 Å². The van der Waals surface area contributed by atoms with Crippen LogP contribution in [-0.4, -0.2) is 50.0 Å². The number of nitrogens with zero attached hydrogens (tertiary/aromatic N) is 2. The maximum atomic E-state index is 14.7. The number of benzene rings is 2. The fourth-order valence-corrected chi connectivity index (χ4v) is 4.82. The molecule has 4 rings (SSSR count). The fraction of sp³-hybridized carbons (Fsp3) is 0.120. The zero-order chi connectivity index (χ0) is 28.4. The molecule has 0 aliphatic rings. The van der Waals surface area contributed by atoms with Crippen LogP contribution in [0.25, 0.3) is 11.0 Å². The van der Waals surface area contributed by atoms with Gasteiger partial charge in [0.1, 0.15) is 17.2 Å². The highest BCUT2D eigenvalue weighted by Crippen LogP contribution is 2.28. The normalized spacial score (nSPS) is 12.9. The summed E-state index contributed by atoms with van der Waals surface area (Å²) in [6.45, 7) is 0. The number of fused-ring (bicyclic) bond motifs is 1. The second-order valence-electron chi connectivity index (χ2n) is 8.12. The first-order valence-corrected chi connectivity index (χ1v) is 12.5. The van der Waals surface area contributed by atoms with Gasteiger partial charge in [-0.1, -0.05) is 6.07 Å². The van der Waals surface area contributed by atoms with Crippen molar-refractivity contribution in [3.63, 3.8) is 0 Å². The summed E-state index contributed by atoms with van der Waals surface area (Å²) in [6, 6.07) is 8.25. The third kappa shape index (κ3) is 6.12. The molecular formula is C25H19F4N5O4S. The van der Waals surface area contributed by atoms with Crippen LogP contribution in [0.5, 0.6) is 5.75 Å². The highest BCUT2D eigenvalue weighted by molar-refractivity contribution is 7.92. The van der Waals surface area contributed by atoms with E-state index < -0.39 is 50.1 Å². The van der Waals surface area contributed by atoms with Crippen LogP contribution in [0.2, 0.25) is 0 Å². The van der Waals surface area contributed by atoms with E-state index >= 15 is 0 Å². The van der Waals surface area contributed by atoms with Crippen LogP contribution in [0.4, 0.5) is 23.2 Å². The number of carbonyl (C=O) groups is 1. The molecule has 1 atom stereocenters. The Morgan fingerprint density at radius 1 is 1.18 bits per heavy atom. The van der Waals surface area contributed by atoms with Gasteiger partial charge in [0.25, 0.3) is 10.0 Å². The summed E-state index contributed by atoms with van der Waals surface area (Å²) >= 11 is 0. The van der Waals surface area contributed by atoms with E-state index in [1.165, 1.54) is 18.6 Å². The van der Waals surface area contributed by atoms with Gasteiger partial charge in [-0.3, -0.25) is 14.5 Å². The molecule has 2 heterocycles. The Morgan fingerprint density at radius 2 is 1.95 bits per heavy atom. The van der Waals surface area contributed by atoms with E-state index in [0.29, 0.717) is 22.7 Å². The number of anilines is 1. The third-order valence-electron chi connectivity index (χ3n) is 5.48. The summed E-state index contributed by atoms with van der Waals surface area (Å²) in [6.07, 6.45) is 0.480. The molecule has 14 heteroatoms. The molecule has 4 aromatic rings. The molecule has 0 saturated carbocycles. The lowest BCUT2D eigenvalue weighted by Crippen LogP contribution is -2.18. The van der Waals surface area contributed by atoms with Gasteiger partial charge in [0.05, 0.1) is 16.4 Å². The molecule has 39 heavy (non-hydrogen) atoms. The Morgan fingerprint density at radius 3 is 2.64 bits per heavy atom. The Bertz CT molecular complexity index is 1700. The number of ketones is 1. The van der Waals surface area contributed by atoms with E-state index in [1.54, 1.807) is 13.1 Å². The maximum Gasteiger partial charge on any atom is 0.573 e. The van der Waals surface area contributed by atoms with Crippen LogP contribution < -0.4 is 9.46 Å². The minimum absolute atomic E-state index is 0.0485. The number of alkyl halides is 3. The number of pyridine rings is 1. The molecule has 0 aliphatic heterocycles. The van der Waals surface area contributed by atoms with Crippen LogP contribution in [0.15, 0.2) is 70.8 Å². The Balaban J connectivity index is 1.66. The quantitative estimate of drug-likeness (QED) is 0.149. The highest BCUT2D eigenvalue weighted by atomic mass is 32.2. The van der Waals surface area contributed by atoms with Gasteiger partial charge >= 0.3 is 6.36 Å². The summed E-state index contributed by atoms with van der Waals surface area (Å²) in [4.78, 5) is 23.7. The van der Waals surface area contributed by atoms with Gasteiger partial charge in [0.2, 0.25) is 0 Å². The molecule has 0 radical (unpaired) electrons. The van der Waals surface area contributed by atoms with Gasteiger partial charge in [0.15, 0.2) is 5.78 Å². The Kier molecular flexibility index (Phi) is 7.49. The number of H-pyrrole nitrogens is 1. The Hall–Kier alpha value is -4.59. The Labute approximate surface area is 219 Å². The number of aromatic amines is 1. The number of nitrogens with one attached hydrogen (secondary N) is 3. The first-order chi connectivity index (χ1) is 18.4. The smallest absolute Gasteiger partial charge is 0.406 e.